The first-order chi connectivity index (χ1) is 9.29. The van der Waals surface area contributed by atoms with Gasteiger partial charge in [-0.1, -0.05) is 5.16 Å². The molecule has 1 aliphatic rings. The number of ether oxygens (including phenoxy) is 1. The second kappa shape index (κ2) is 5.30. The van der Waals surface area contributed by atoms with Crippen LogP contribution in [0.1, 0.15) is 29.1 Å². The molecule has 2 aromatic rings. The summed E-state index contributed by atoms with van der Waals surface area (Å²) in [6.07, 6.45) is 5.30. The summed E-state index contributed by atoms with van der Waals surface area (Å²) in [5.41, 5.74) is 8.41. The van der Waals surface area contributed by atoms with Crippen LogP contribution in [0.3, 0.4) is 0 Å². The van der Waals surface area contributed by atoms with Gasteiger partial charge in [0.05, 0.1) is 17.2 Å². The normalized spacial score (nSPS) is 14.6. The minimum absolute atomic E-state index is 0.558. The molecule has 0 atom stereocenters. The van der Waals surface area contributed by atoms with E-state index in [1.165, 1.54) is 23.3 Å². The third-order valence-electron chi connectivity index (χ3n) is 3.41. The Morgan fingerprint density at radius 3 is 3.05 bits per heavy atom. The van der Waals surface area contributed by atoms with Gasteiger partial charge in [-0.25, -0.2) is 0 Å². The molecular formula is C13H17N3O2S. The van der Waals surface area contributed by atoms with Crippen LogP contribution in [0.4, 0.5) is 5.00 Å². The number of aromatic nitrogens is 2. The van der Waals surface area contributed by atoms with Gasteiger partial charge in [-0.3, -0.25) is 0 Å². The predicted octanol–water partition coefficient (Wildman–Crippen LogP) is 2.45. The molecular weight excluding hydrogens is 262 g/mol. The van der Waals surface area contributed by atoms with Crippen LogP contribution in [0.15, 0.2) is 4.52 Å². The first-order valence-corrected chi connectivity index (χ1v) is 7.33. The Balaban J connectivity index is 1.93. The lowest BCUT2D eigenvalue weighted by atomic mass is 9.95. The highest BCUT2D eigenvalue weighted by Gasteiger charge is 2.24. The number of nitrogens with two attached hydrogens (primary N) is 1. The largest absolute Gasteiger partial charge is 0.390 e. The molecule has 6 heteroatoms. The van der Waals surface area contributed by atoms with Crippen LogP contribution in [-0.4, -0.2) is 23.9 Å². The quantitative estimate of drug-likeness (QED) is 0.930. The molecule has 0 fully saturated rings. The minimum atomic E-state index is 0.558. The van der Waals surface area contributed by atoms with Gasteiger partial charge in [0.1, 0.15) is 0 Å². The van der Waals surface area contributed by atoms with E-state index in [9.17, 15) is 0 Å². The topological polar surface area (TPSA) is 74.2 Å². The molecule has 0 radical (unpaired) electrons. The second-order valence-electron chi connectivity index (χ2n) is 4.71. The lowest BCUT2D eigenvalue weighted by molar-refractivity contribution is 0.199. The van der Waals surface area contributed by atoms with Crippen LogP contribution in [-0.2, 0) is 24.0 Å². The summed E-state index contributed by atoms with van der Waals surface area (Å²) >= 11 is 1.66. The zero-order chi connectivity index (χ0) is 13.2. The van der Waals surface area contributed by atoms with Crippen LogP contribution in [0, 0.1) is 0 Å². The molecule has 5 nitrogen and oxygen atoms in total. The zero-order valence-corrected chi connectivity index (χ0v) is 11.8. The van der Waals surface area contributed by atoms with Crippen LogP contribution in [0.2, 0.25) is 0 Å². The van der Waals surface area contributed by atoms with Crippen LogP contribution in [0.25, 0.3) is 11.5 Å². The Kier molecular flexibility index (Phi) is 3.52. The molecule has 0 spiro atoms. The maximum Gasteiger partial charge on any atom is 0.261 e. The van der Waals surface area contributed by atoms with Crippen molar-refractivity contribution in [2.75, 3.05) is 19.5 Å². The van der Waals surface area contributed by atoms with E-state index in [4.69, 9.17) is 15.0 Å². The monoisotopic (exact) mass is 279 g/mol. The highest BCUT2D eigenvalue weighted by molar-refractivity contribution is 7.16. The zero-order valence-electron chi connectivity index (χ0n) is 10.9. The first-order valence-electron chi connectivity index (χ1n) is 6.51. The third kappa shape index (κ3) is 2.37. The van der Waals surface area contributed by atoms with Gasteiger partial charge in [-0.2, -0.15) is 4.98 Å². The molecule has 2 heterocycles. The Bertz CT molecular complexity index is 576. The van der Waals surface area contributed by atoms with Gasteiger partial charge < -0.3 is 15.0 Å². The summed E-state index contributed by atoms with van der Waals surface area (Å²) in [5.74, 6) is 1.23. The van der Waals surface area contributed by atoms with E-state index < -0.39 is 0 Å². The molecule has 0 saturated carbocycles. The number of hydrogen-bond acceptors (Lipinski definition) is 6. The van der Waals surface area contributed by atoms with E-state index >= 15 is 0 Å². The summed E-state index contributed by atoms with van der Waals surface area (Å²) in [6.45, 7) is 0.593. The van der Waals surface area contributed by atoms with Gasteiger partial charge in [-0.15, -0.1) is 11.3 Å². The summed E-state index contributed by atoms with van der Waals surface area (Å²) in [5, 5.41) is 4.78. The van der Waals surface area contributed by atoms with Crippen LogP contribution >= 0.6 is 11.3 Å². The molecule has 0 aromatic carbocycles. The molecule has 0 saturated heterocycles. The summed E-state index contributed by atoms with van der Waals surface area (Å²) in [7, 11) is 1.66. The summed E-state index contributed by atoms with van der Waals surface area (Å²) in [6, 6.07) is 0. The van der Waals surface area contributed by atoms with E-state index in [0.29, 0.717) is 24.7 Å². The van der Waals surface area contributed by atoms with E-state index in [2.05, 4.69) is 10.1 Å². The Morgan fingerprint density at radius 2 is 2.21 bits per heavy atom. The number of nitrogen functional groups attached to an aromatic ring is 1. The lowest BCUT2D eigenvalue weighted by Gasteiger charge is -2.10. The number of nitrogens with zero attached hydrogens (tertiary/aromatic N) is 2. The molecule has 0 unspecified atom stereocenters. The highest BCUT2D eigenvalue weighted by atomic mass is 32.1. The van der Waals surface area contributed by atoms with Gasteiger partial charge in [0.15, 0.2) is 5.82 Å². The fourth-order valence-electron chi connectivity index (χ4n) is 2.47. The van der Waals surface area contributed by atoms with E-state index in [1.54, 1.807) is 18.4 Å². The van der Waals surface area contributed by atoms with E-state index in [0.717, 1.165) is 23.4 Å². The molecule has 0 aliphatic heterocycles. The number of thiophene rings is 1. The fourth-order valence-corrected chi connectivity index (χ4v) is 3.62. The number of hydrogen-bond donors (Lipinski definition) is 1. The minimum Gasteiger partial charge on any atom is -0.390 e. The average Bonchev–Trinajstić information content (AvgIpc) is 2.99. The molecule has 19 heavy (non-hydrogen) atoms. The maximum atomic E-state index is 6.13. The number of anilines is 1. The van der Waals surface area contributed by atoms with Gasteiger partial charge in [-0.05, 0) is 31.2 Å². The lowest BCUT2D eigenvalue weighted by Crippen LogP contribution is -2.00. The molecule has 102 valence electrons. The molecule has 3 rings (SSSR count). The van der Waals surface area contributed by atoms with Crippen molar-refractivity contribution < 1.29 is 9.26 Å². The van der Waals surface area contributed by atoms with Gasteiger partial charge in [0.2, 0.25) is 0 Å². The van der Waals surface area contributed by atoms with Crippen molar-refractivity contribution in [2.24, 2.45) is 0 Å². The Hall–Kier alpha value is -1.40. The maximum absolute atomic E-state index is 6.13. The Morgan fingerprint density at radius 1 is 1.37 bits per heavy atom. The number of fused-ring (bicyclic) bond motifs is 1. The fraction of sp³-hybridized carbons (Fsp3) is 0.538. The molecule has 0 amide bonds. The van der Waals surface area contributed by atoms with E-state index in [-0.39, 0.29) is 0 Å². The molecule has 2 aromatic heterocycles. The van der Waals surface area contributed by atoms with Gasteiger partial charge in [0, 0.05) is 18.4 Å². The first kappa shape index (κ1) is 12.6. The molecule has 2 N–H and O–H groups in total. The average molecular weight is 279 g/mol. The van der Waals surface area contributed by atoms with Crippen LogP contribution < -0.4 is 5.73 Å². The van der Waals surface area contributed by atoms with Gasteiger partial charge >= 0.3 is 0 Å². The van der Waals surface area contributed by atoms with Gasteiger partial charge in [0.25, 0.3) is 5.89 Å². The highest BCUT2D eigenvalue weighted by Crippen LogP contribution is 2.41. The van der Waals surface area contributed by atoms with Crippen molar-refractivity contribution in [1.82, 2.24) is 10.1 Å². The number of rotatable bonds is 4. The second-order valence-corrected chi connectivity index (χ2v) is 5.85. The predicted molar refractivity (Wildman–Crippen MR) is 74.2 cm³/mol. The van der Waals surface area contributed by atoms with E-state index in [1.807, 2.05) is 0 Å². The van der Waals surface area contributed by atoms with Crippen LogP contribution in [0.5, 0.6) is 0 Å². The van der Waals surface area contributed by atoms with Crippen molar-refractivity contribution in [3.63, 3.8) is 0 Å². The smallest absolute Gasteiger partial charge is 0.261 e. The van der Waals surface area contributed by atoms with Crippen molar-refractivity contribution >= 4 is 16.3 Å². The van der Waals surface area contributed by atoms with Crippen molar-refractivity contribution in [3.05, 3.63) is 16.3 Å². The SMILES string of the molecule is COCCc1noc(-c2c(N)sc3c2CCCC3)n1. The molecule has 1 aliphatic carbocycles. The standard InChI is InChI=1S/C13H17N3O2S/c1-17-7-6-10-15-13(18-16-10)11-8-4-2-3-5-9(8)19-12(11)14/h2-7,14H2,1H3. The molecule has 0 bridgehead atoms. The summed E-state index contributed by atoms with van der Waals surface area (Å²) < 4.78 is 10.4. The van der Waals surface area contributed by atoms with Crippen molar-refractivity contribution in [1.29, 1.82) is 0 Å². The number of aryl methyl sites for hydroxylation is 1. The van der Waals surface area contributed by atoms with Crippen molar-refractivity contribution in [2.45, 2.75) is 32.1 Å². The Labute approximate surface area is 115 Å². The van der Waals surface area contributed by atoms with Crippen molar-refractivity contribution in [3.8, 4) is 11.5 Å². The third-order valence-corrected chi connectivity index (χ3v) is 4.53. The summed E-state index contributed by atoms with van der Waals surface area (Å²) in [4.78, 5) is 5.81. The number of methoxy groups -OCH3 is 1.